The summed E-state index contributed by atoms with van der Waals surface area (Å²) in [5, 5.41) is 2.89. The number of rotatable bonds is 5. The van der Waals surface area contributed by atoms with Gasteiger partial charge < -0.3 is 25.4 Å². The number of anilines is 1. The zero-order valence-corrected chi connectivity index (χ0v) is 17.5. The Hall–Kier alpha value is -1.67. The molecule has 28 heavy (non-hydrogen) atoms. The first-order chi connectivity index (χ1) is 12.8. The van der Waals surface area contributed by atoms with Crippen molar-refractivity contribution < 1.29 is 19.1 Å². The Kier molecular flexibility index (Phi) is 7.09. The molecule has 2 atom stereocenters. The summed E-state index contributed by atoms with van der Waals surface area (Å²) in [7, 11) is 0. The second kappa shape index (κ2) is 8.78. The second-order valence-corrected chi connectivity index (χ2v) is 7.78. The van der Waals surface area contributed by atoms with Crippen LogP contribution in [0.5, 0.6) is 0 Å². The molecule has 1 aliphatic carbocycles. The minimum absolute atomic E-state index is 0. The molecule has 3 rings (SSSR count). The van der Waals surface area contributed by atoms with E-state index in [9.17, 15) is 9.59 Å². The highest BCUT2D eigenvalue weighted by Crippen LogP contribution is 2.50. The van der Waals surface area contributed by atoms with Crippen LogP contribution in [-0.2, 0) is 14.3 Å². The van der Waals surface area contributed by atoms with Gasteiger partial charge in [-0.2, -0.15) is 0 Å². The summed E-state index contributed by atoms with van der Waals surface area (Å²) in [5.74, 6) is -0.309. The standard InChI is InChI=1S/C20H29N3O4.ClH/c1-4-27-16-13-20(21,19(16,2)3)18(25)22-15-7-5-6-14(12-15)17(24)23-8-10-26-11-9-23;/h5-7,12,16H,4,8-11,13,21H2,1-3H3,(H,22,25);1H. The SMILES string of the molecule is CCOC1CC(N)(C(=O)Nc2cccc(C(=O)N3CCOCC3)c2)C1(C)C.Cl. The third kappa shape index (κ3) is 4.03. The van der Waals surface area contributed by atoms with Crippen LogP contribution in [0, 0.1) is 5.41 Å². The second-order valence-electron chi connectivity index (χ2n) is 7.78. The zero-order valence-electron chi connectivity index (χ0n) is 16.7. The van der Waals surface area contributed by atoms with Crippen molar-refractivity contribution in [3.8, 4) is 0 Å². The molecule has 0 spiro atoms. The molecule has 2 aliphatic rings. The molecule has 156 valence electrons. The van der Waals surface area contributed by atoms with Crippen LogP contribution in [0.3, 0.4) is 0 Å². The van der Waals surface area contributed by atoms with Gasteiger partial charge in [0.15, 0.2) is 0 Å². The fourth-order valence-corrected chi connectivity index (χ4v) is 3.74. The average molecular weight is 412 g/mol. The molecule has 1 saturated carbocycles. The van der Waals surface area contributed by atoms with E-state index >= 15 is 0 Å². The quantitative estimate of drug-likeness (QED) is 0.773. The van der Waals surface area contributed by atoms with Crippen molar-refractivity contribution in [2.24, 2.45) is 11.1 Å². The van der Waals surface area contributed by atoms with Gasteiger partial charge in [-0.05, 0) is 25.1 Å². The van der Waals surface area contributed by atoms with Crippen LogP contribution >= 0.6 is 12.4 Å². The molecule has 1 aromatic rings. The van der Waals surface area contributed by atoms with E-state index in [1.165, 1.54) is 0 Å². The van der Waals surface area contributed by atoms with Crippen molar-refractivity contribution in [3.63, 3.8) is 0 Å². The molecule has 0 aromatic heterocycles. The molecule has 1 aromatic carbocycles. The fourth-order valence-electron chi connectivity index (χ4n) is 3.74. The number of halogens is 1. The van der Waals surface area contributed by atoms with Crippen molar-refractivity contribution in [1.82, 2.24) is 4.90 Å². The van der Waals surface area contributed by atoms with Gasteiger partial charge in [0.05, 0.1) is 19.3 Å². The van der Waals surface area contributed by atoms with E-state index in [-0.39, 0.29) is 30.3 Å². The lowest BCUT2D eigenvalue weighted by molar-refractivity contribution is -0.166. The molecule has 1 saturated heterocycles. The predicted molar refractivity (Wildman–Crippen MR) is 110 cm³/mol. The molecule has 2 amide bonds. The maximum atomic E-state index is 12.9. The maximum Gasteiger partial charge on any atom is 0.254 e. The van der Waals surface area contributed by atoms with Gasteiger partial charge in [0.25, 0.3) is 5.91 Å². The molecular weight excluding hydrogens is 382 g/mol. The van der Waals surface area contributed by atoms with Gasteiger partial charge in [0.2, 0.25) is 5.91 Å². The Morgan fingerprint density at radius 1 is 1.32 bits per heavy atom. The number of carbonyl (C=O) groups is 2. The molecule has 0 radical (unpaired) electrons. The summed E-state index contributed by atoms with van der Waals surface area (Å²) in [6.07, 6.45) is 0.444. The lowest BCUT2D eigenvalue weighted by Gasteiger charge is -2.57. The molecule has 8 heteroatoms. The molecule has 2 unspecified atom stereocenters. The minimum atomic E-state index is -1.00. The lowest BCUT2D eigenvalue weighted by Crippen LogP contribution is -2.74. The van der Waals surface area contributed by atoms with Gasteiger partial charge >= 0.3 is 0 Å². The average Bonchev–Trinajstić information content (AvgIpc) is 2.68. The van der Waals surface area contributed by atoms with E-state index in [0.717, 1.165) is 0 Å². The normalized spacial score (nSPS) is 26.0. The summed E-state index contributed by atoms with van der Waals surface area (Å²) >= 11 is 0. The summed E-state index contributed by atoms with van der Waals surface area (Å²) in [5.41, 5.74) is 6.07. The van der Waals surface area contributed by atoms with Crippen molar-refractivity contribution in [2.45, 2.75) is 38.8 Å². The third-order valence-electron chi connectivity index (χ3n) is 5.90. The van der Waals surface area contributed by atoms with E-state index in [1.807, 2.05) is 20.8 Å². The molecule has 1 aliphatic heterocycles. The van der Waals surface area contributed by atoms with E-state index < -0.39 is 11.0 Å². The Bertz CT molecular complexity index is 721. The Morgan fingerprint density at radius 3 is 2.61 bits per heavy atom. The van der Waals surface area contributed by atoms with Gasteiger partial charge in [-0.3, -0.25) is 9.59 Å². The first-order valence-electron chi connectivity index (χ1n) is 9.48. The first-order valence-corrected chi connectivity index (χ1v) is 9.48. The van der Waals surface area contributed by atoms with Crippen molar-refractivity contribution in [1.29, 1.82) is 0 Å². The number of nitrogens with one attached hydrogen (secondary N) is 1. The van der Waals surface area contributed by atoms with Gasteiger partial charge in [0.1, 0.15) is 5.54 Å². The monoisotopic (exact) mass is 411 g/mol. The largest absolute Gasteiger partial charge is 0.378 e. The molecular formula is C20H30ClN3O4. The Labute approximate surface area is 172 Å². The number of benzene rings is 1. The van der Waals surface area contributed by atoms with Gasteiger partial charge in [-0.25, -0.2) is 0 Å². The number of morpholine rings is 1. The number of carbonyl (C=O) groups excluding carboxylic acids is 2. The minimum Gasteiger partial charge on any atom is -0.378 e. The van der Waals surface area contributed by atoms with Gasteiger partial charge in [-0.15, -0.1) is 12.4 Å². The van der Waals surface area contributed by atoms with Crippen LogP contribution in [0.4, 0.5) is 5.69 Å². The van der Waals surface area contributed by atoms with Crippen molar-refractivity contribution in [2.75, 3.05) is 38.2 Å². The Balaban J connectivity index is 0.00000280. The van der Waals surface area contributed by atoms with Crippen LogP contribution in [0.25, 0.3) is 0 Å². The number of hydrogen-bond donors (Lipinski definition) is 2. The van der Waals surface area contributed by atoms with E-state index in [1.54, 1.807) is 29.2 Å². The van der Waals surface area contributed by atoms with Crippen molar-refractivity contribution in [3.05, 3.63) is 29.8 Å². The molecule has 1 heterocycles. The third-order valence-corrected chi connectivity index (χ3v) is 5.90. The lowest BCUT2D eigenvalue weighted by atomic mass is 9.54. The number of hydrogen-bond acceptors (Lipinski definition) is 5. The van der Waals surface area contributed by atoms with Crippen LogP contribution in [0.1, 0.15) is 37.6 Å². The van der Waals surface area contributed by atoms with E-state index in [0.29, 0.717) is 50.6 Å². The maximum absolute atomic E-state index is 12.9. The zero-order chi connectivity index (χ0) is 19.7. The predicted octanol–water partition coefficient (Wildman–Crippen LogP) is 2.05. The van der Waals surface area contributed by atoms with Crippen LogP contribution in [0.15, 0.2) is 24.3 Å². The topological polar surface area (TPSA) is 93.9 Å². The number of amides is 2. The fraction of sp³-hybridized carbons (Fsp3) is 0.600. The number of ether oxygens (including phenoxy) is 2. The molecule has 0 bridgehead atoms. The van der Waals surface area contributed by atoms with E-state index in [2.05, 4.69) is 5.32 Å². The summed E-state index contributed by atoms with van der Waals surface area (Å²) in [6, 6.07) is 6.99. The summed E-state index contributed by atoms with van der Waals surface area (Å²) < 4.78 is 11.0. The molecule has 3 N–H and O–H groups in total. The highest BCUT2D eigenvalue weighted by Gasteiger charge is 2.62. The number of nitrogens with two attached hydrogens (primary N) is 1. The Morgan fingerprint density at radius 2 is 2.00 bits per heavy atom. The molecule has 7 nitrogen and oxygen atoms in total. The van der Waals surface area contributed by atoms with Crippen molar-refractivity contribution >= 4 is 29.9 Å². The highest BCUT2D eigenvalue weighted by molar-refractivity contribution is 6.01. The number of nitrogens with zero attached hydrogens (tertiary/aromatic N) is 1. The highest BCUT2D eigenvalue weighted by atomic mass is 35.5. The molecule has 2 fully saturated rings. The van der Waals surface area contributed by atoms with Crippen LogP contribution < -0.4 is 11.1 Å². The summed E-state index contributed by atoms with van der Waals surface area (Å²) in [6.45, 7) is 8.69. The van der Waals surface area contributed by atoms with Gasteiger partial charge in [0, 0.05) is 42.8 Å². The van der Waals surface area contributed by atoms with E-state index in [4.69, 9.17) is 15.2 Å². The van der Waals surface area contributed by atoms with Crippen LogP contribution in [-0.4, -0.2) is 61.3 Å². The summed E-state index contributed by atoms with van der Waals surface area (Å²) in [4.78, 5) is 27.3. The first kappa shape index (κ1) is 22.6. The van der Waals surface area contributed by atoms with Gasteiger partial charge in [-0.1, -0.05) is 19.9 Å². The van der Waals surface area contributed by atoms with Crippen LogP contribution in [0.2, 0.25) is 0 Å². The smallest absolute Gasteiger partial charge is 0.254 e.